The van der Waals surface area contributed by atoms with Gasteiger partial charge in [-0.1, -0.05) is 30.3 Å². The molecule has 2 aliphatic rings. The maximum Gasteiger partial charge on any atom is 0.321 e. The Labute approximate surface area is 177 Å². The molecule has 0 aromatic heterocycles. The Balaban J connectivity index is 1.35. The fraction of sp³-hybridized carbons (Fsp3) is 0.458. The van der Waals surface area contributed by atoms with Gasteiger partial charge in [-0.25, -0.2) is 9.18 Å². The topological polar surface area (TPSA) is 44.8 Å². The van der Waals surface area contributed by atoms with Crippen LogP contribution in [0.1, 0.15) is 26.7 Å². The van der Waals surface area contributed by atoms with Crippen molar-refractivity contribution < 1.29 is 13.9 Å². The molecule has 4 rings (SSSR count). The number of hydrogen-bond donors (Lipinski definition) is 1. The van der Waals surface area contributed by atoms with Gasteiger partial charge >= 0.3 is 6.03 Å². The lowest BCUT2D eigenvalue weighted by atomic mass is 9.79. The molecule has 0 saturated carbocycles. The van der Waals surface area contributed by atoms with E-state index in [0.29, 0.717) is 31.1 Å². The highest BCUT2D eigenvalue weighted by molar-refractivity contribution is 5.89. The molecule has 2 amide bonds. The first-order chi connectivity index (χ1) is 14.5. The average Bonchev–Trinajstić information content (AvgIpc) is 2.73. The van der Waals surface area contributed by atoms with Crippen LogP contribution in [-0.2, 0) is 0 Å². The number of hydrogen-bond acceptors (Lipinski definition) is 3. The van der Waals surface area contributed by atoms with Crippen molar-refractivity contribution in [3.05, 3.63) is 60.4 Å². The summed E-state index contributed by atoms with van der Waals surface area (Å²) in [7, 11) is 0. The first-order valence-corrected chi connectivity index (χ1v) is 10.8. The van der Waals surface area contributed by atoms with E-state index in [9.17, 15) is 9.18 Å². The summed E-state index contributed by atoms with van der Waals surface area (Å²) in [5.74, 6) is 0.980. The Hall–Kier alpha value is -2.60. The van der Waals surface area contributed by atoms with Gasteiger partial charge in [0.1, 0.15) is 17.7 Å². The number of benzene rings is 2. The number of anilines is 1. The number of nitrogens with one attached hydrogen (secondary N) is 1. The van der Waals surface area contributed by atoms with E-state index in [2.05, 4.69) is 24.1 Å². The molecule has 160 valence electrons. The average molecular weight is 412 g/mol. The number of urea groups is 1. The first-order valence-electron chi connectivity index (χ1n) is 10.8. The van der Waals surface area contributed by atoms with Gasteiger partial charge in [-0.3, -0.25) is 4.90 Å². The van der Waals surface area contributed by atoms with Crippen molar-refractivity contribution >= 4 is 11.7 Å². The highest BCUT2D eigenvalue weighted by atomic mass is 19.1. The molecule has 2 aromatic rings. The molecule has 0 radical (unpaired) electrons. The third-order valence-corrected chi connectivity index (χ3v) is 6.27. The molecule has 5 nitrogen and oxygen atoms in total. The minimum atomic E-state index is -0.413. The Kier molecular flexibility index (Phi) is 6.23. The zero-order chi connectivity index (χ0) is 21.1. The second-order valence-corrected chi connectivity index (χ2v) is 8.48. The van der Waals surface area contributed by atoms with Gasteiger partial charge < -0.3 is 15.0 Å². The molecule has 1 N–H and O–H groups in total. The summed E-state index contributed by atoms with van der Waals surface area (Å²) in [6, 6.07) is 16.9. The Bertz CT molecular complexity index is 853. The first kappa shape index (κ1) is 20.7. The van der Waals surface area contributed by atoms with Gasteiger partial charge in [-0.2, -0.15) is 0 Å². The molecule has 2 atom stereocenters. The number of piperidine rings is 1. The predicted molar refractivity (Wildman–Crippen MR) is 116 cm³/mol. The van der Waals surface area contributed by atoms with Crippen molar-refractivity contribution in [2.45, 2.75) is 44.9 Å². The van der Waals surface area contributed by atoms with E-state index in [0.717, 1.165) is 25.1 Å². The van der Waals surface area contributed by atoms with Gasteiger partial charge in [0.05, 0.1) is 11.7 Å². The van der Waals surface area contributed by atoms with Gasteiger partial charge in [0, 0.05) is 25.7 Å². The zero-order valence-electron chi connectivity index (χ0n) is 17.6. The number of para-hydroxylation sites is 2. The van der Waals surface area contributed by atoms with Crippen molar-refractivity contribution in [2.75, 3.05) is 25.0 Å². The van der Waals surface area contributed by atoms with Crippen molar-refractivity contribution in [2.24, 2.45) is 5.92 Å². The molecule has 2 aromatic carbocycles. The standard InChI is InChI=1S/C24H30FN3O2/c1-17(2)28-16-22(30-19-8-4-3-5-9-19)23(28)18-12-14-27(15-13-18)24(29)26-21-11-7-6-10-20(21)25/h3-11,17-18,22-23H,12-16H2,1-2H3,(H,26,29)/t22-,23-/m0/s1. The molecule has 30 heavy (non-hydrogen) atoms. The summed E-state index contributed by atoms with van der Waals surface area (Å²) < 4.78 is 20.1. The summed E-state index contributed by atoms with van der Waals surface area (Å²) in [4.78, 5) is 16.9. The summed E-state index contributed by atoms with van der Waals surface area (Å²) in [5.41, 5.74) is 0.228. The third kappa shape index (κ3) is 4.43. The van der Waals surface area contributed by atoms with Crippen LogP contribution in [-0.4, -0.2) is 53.7 Å². The van der Waals surface area contributed by atoms with E-state index in [1.807, 2.05) is 30.3 Å². The largest absolute Gasteiger partial charge is 0.487 e. The zero-order valence-corrected chi connectivity index (χ0v) is 17.6. The van der Waals surface area contributed by atoms with Gasteiger partial charge in [-0.15, -0.1) is 0 Å². The van der Waals surface area contributed by atoms with Crippen molar-refractivity contribution in [1.29, 1.82) is 0 Å². The number of rotatable bonds is 5. The van der Waals surface area contributed by atoms with Crippen LogP contribution in [0.4, 0.5) is 14.9 Å². The summed E-state index contributed by atoms with van der Waals surface area (Å²) in [6.45, 7) is 6.73. The smallest absolute Gasteiger partial charge is 0.321 e. The molecule has 0 aliphatic carbocycles. The van der Waals surface area contributed by atoms with E-state index in [4.69, 9.17) is 4.74 Å². The second kappa shape index (κ2) is 9.04. The highest BCUT2D eigenvalue weighted by Crippen LogP contribution is 2.36. The van der Waals surface area contributed by atoms with E-state index in [-0.39, 0.29) is 17.8 Å². The van der Waals surface area contributed by atoms with Crippen LogP contribution < -0.4 is 10.1 Å². The number of likely N-dealkylation sites (tertiary alicyclic amines) is 2. The maximum absolute atomic E-state index is 13.8. The maximum atomic E-state index is 13.8. The fourth-order valence-electron chi connectivity index (χ4n) is 4.62. The van der Waals surface area contributed by atoms with Crippen molar-refractivity contribution in [1.82, 2.24) is 9.80 Å². The van der Waals surface area contributed by atoms with Crippen LogP contribution in [0.15, 0.2) is 54.6 Å². The SMILES string of the molecule is CC(C)N1C[C@H](Oc2ccccc2)[C@@H]1C1CCN(C(=O)Nc2ccccc2F)CC1. The van der Waals surface area contributed by atoms with Crippen LogP contribution in [0.3, 0.4) is 0 Å². The molecule has 2 heterocycles. The van der Waals surface area contributed by atoms with Gasteiger partial charge in [0.15, 0.2) is 0 Å². The van der Waals surface area contributed by atoms with Crippen LogP contribution in [0.25, 0.3) is 0 Å². The summed E-state index contributed by atoms with van der Waals surface area (Å²) in [5, 5.41) is 2.70. The monoisotopic (exact) mass is 411 g/mol. The van der Waals surface area contributed by atoms with E-state index < -0.39 is 5.82 Å². The molecule has 0 unspecified atom stereocenters. The Morgan fingerprint density at radius 3 is 2.40 bits per heavy atom. The molecule has 2 aliphatic heterocycles. The number of carbonyl (C=O) groups excluding carboxylic acids is 1. The molecular formula is C24H30FN3O2. The van der Waals surface area contributed by atoms with Crippen LogP contribution in [0, 0.1) is 11.7 Å². The molecule has 0 bridgehead atoms. The highest BCUT2D eigenvalue weighted by Gasteiger charge is 2.47. The number of carbonyl (C=O) groups is 1. The van der Waals surface area contributed by atoms with Crippen molar-refractivity contribution in [3.63, 3.8) is 0 Å². The molecular weight excluding hydrogens is 381 g/mol. The number of nitrogens with zero attached hydrogens (tertiary/aromatic N) is 2. The number of ether oxygens (including phenoxy) is 1. The van der Waals surface area contributed by atoms with Crippen LogP contribution in [0.5, 0.6) is 5.75 Å². The number of amides is 2. The van der Waals surface area contributed by atoms with E-state index >= 15 is 0 Å². The lowest BCUT2D eigenvalue weighted by molar-refractivity contribution is -0.0979. The van der Waals surface area contributed by atoms with Crippen LogP contribution >= 0.6 is 0 Å². The van der Waals surface area contributed by atoms with E-state index in [1.54, 1.807) is 23.1 Å². The third-order valence-electron chi connectivity index (χ3n) is 6.27. The normalized spacial score (nSPS) is 22.6. The van der Waals surface area contributed by atoms with Gasteiger partial charge in [0.2, 0.25) is 0 Å². The molecule has 6 heteroatoms. The second-order valence-electron chi connectivity index (χ2n) is 8.48. The summed E-state index contributed by atoms with van der Waals surface area (Å²) >= 11 is 0. The summed E-state index contributed by atoms with van der Waals surface area (Å²) in [6.07, 6.45) is 2.03. The lowest BCUT2D eigenvalue weighted by Crippen LogP contribution is -2.68. The van der Waals surface area contributed by atoms with E-state index in [1.165, 1.54) is 6.07 Å². The predicted octanol–water partition coefficient (Wildman–Crippen LogP) is 4.61. The van der Waals surface area contributed by atoms with Crippen LogP contribution in [0.2, 0.25) is 0 Å². The lowest BCUT2D eigenvalue weighted by Gasteiger charge is -2.54. The minimum absolute atomic E-state index is 0.179. The molecule has 2 saturated heterocycles. The quantitative estimate of drug-likeness (QED) is 0.782. The van der Waals surface area contributed by atoms with Gasteiger partial charge in [0.25, 0.3) is 0 Å². The number of halogens is 1. The molecule has 0 spiro atoms. The van der Waals surface area contributed by atoms with Gasteiger partial charge in [-0.05, 0) is 56.9 Å². The Morgan fingerprint density at radius 1 is 1.07 bits per heavy atom. The fourth-order valence-corrected chi connectivity index (χ4v) is 4.62. The molecule has 2 fully saturated rings. The van der Waals surface area contributed by atoms with Crippen molar-refractivity contribution in [3.8, 4) is 5.75 Å². The Morgan fingerprint density at radius 2 is 1.73 bits per heavy atom. The minimum Gasteiger partial charge on any atom is -0.487 e.